The first-order valence-electron chi connectivity index (χ1n) is 7.94. The number of carbonyl (C=O) groups is 1. The maximum Gasteiger partial charge on any atom is 0.230 e. The molecule has 2 aromatic rings. The highest BCUT2D eigenvalue weighted by atomic mass is 32.2. The highest BCUT2D eigenvalue weighted by Gasteiger charge is 2.15. The highest BCUT2D eigenvalue weighted by molar-refractivity contribution is 8.00. The van der Waals surface area contributed by atoms with Gasteiger partial charge in [-0.25, -0.2) is 0 Å². The van der Waals surface area contributed by atoms with Gasteiger partial charge in [-0.2, -0.15) is 0 Å². The van der Waals surface area contributed by atoms with Gasteiger partial charge in [0.05, 0.1) is 11.8 Å². The summed E-state index contributed by atoms with van der Waals surface area (Å²) in [6.45, 7) is 8.63. The molecule has 0 saturated carbocycles. The molecule has 2 aromatic carbocycles. The van der Waals surface area contributed by atoms with E-state index in [4.69, 9.17) is 0 Å². The normalized spacial score (nSPS) is 12.7. The van der Waals surface area contributed by atoms with Crippen LogP contribution < -0.4 is 5.32 Å². The van der Waals surface area contributed by atoms with Crippen LogP contribution in [0.1, 0.15) is 44.9 Å². The average Bonchev–Trinajstić information content (AvgIpc) is 2.53. The van der Waals surface area contributed by atoms with Gasteiger partial charge >= 0.3 is 0 Å². The number of nitrogens with one attached hydrogen (secondary N) is 1. The number of hydrogen-bond acceptors (Lipinski definition) is 2. The molecule has 0 aromatic heterocycles. The number of carbonyl (C=O) groups excluding carboxylic acids is 1. The lowest BCUT2D eigenvalue weighted by Gasteiger charge is -2.20. The van der Waals surface area contributed by atoms with Crippen molar-refractivity contribution in [1.29, 1.82) is 0 Å². The van der Waals surface area contributed by atoms with E-state index in [0.29, 0.717) is 5.75 Å². The van der Waals surface area contributed by atoms with Crippen LogP contribution in [0.15, 0.2) is 59.5 Å². The second-order valence-electron chi connectivity index (χ2n) is 6.76. The van der Waals surface area contributed by atoms with Crippen LogP contribution in [0.4, 0.5) is 0 Å². The van der Waals surface area contributed by atoms with E-state index in [-0.39, 0.29) is 17.4 Å². The van der Waals surface area contributed by atoms with Crippen LogP contribution >= 0.6 is 11.8 Å². The SMILES string of the molecule is C[C@@H](NC(=O)CSc1ccccc1)c1ccc(C(C)(C)C)cc1. The topological polar surface area (TPSA) is 29.1 Å². The molecule has 0 radical (unpaired) electrons. The fourth-order valence-corrected chi connectivity index (χ4v) is 3.03. The van der Waals surface area contributed by atoms with Crippen molar-refractivity contribution < 1.29 is 4.79 Å². The molecular formula is C20H25NOS. The van der Waals surface area contributed by atoms with E-state index in [1.54, 1.807) is 11.8 Å². The van der Waals surface area contributed by atoms with Crippen LogP contribution in [-0.4, -0.2) is 11.7 Å². The van der Waals surface area contributed by atoms with E-state index in [0.717, 1.165) is 10.5 Å². The van der Waals surface area contributed by atoms with E-state index >= 15 is 0 Å². The molecule has 0 aliphatic rings. The molecular weight excluding hydrogens is 302 g/mol. The van der Waals surface area contributed by atoms with Crippen LogP contribution in [0.3, 0.4) is 0 Å². The van der Waals surface area contributed by atoms with Crippen LogP contribution in [0.5, 0.6) is 0 Å². The highest BCUT2D eigenvalue weighted by Crippen LogP contribution is 2.24. The maximum absolute atomic E-state index is 12.1. The third-order valence-electron chi connectivity index (χ3n) is 3.77. The quantitative estimate of drug-likeness (QED) is 0.787. The minimum Gasteiger partial charge on any atom is -0.349 e. The molecule has 0 heterocycles. The Balaban J connectivity index is 1.88. The Labute approximate surface area is 143 Å². The molecule has 0 saturated heterocycles. The van der Waals surface area contributed by atoms with E-state index in [9.17, 15) is 4.79 Å². The molecule has 2 rings (SSSR count). The van der Waals surface area contributed by atoms with Gasteiger partial charge in [-0.15, -0.1) is 11.8 Å². The predicted molar refractivity (Wildman–Crippen MR) is 98.9 cm³/mol. The van der Waals surface area contributed by atoms with Crippen molar-refractivity contribution in [2.24, 2.45) is 0 Å². The second kappa shape index (κ2) is 7.69. The molecule has 23 heavy (non-hydrogen) atoms. The molecule has 0 unspecified atom stereocenters. The first kappa shape index (κ1) is 17.6. The largest absolute Gasteiger partial charge is 0.349 e. The summed E-state index contributed by atoms with van der Waals surface area (Å²) < 4.78 is 0. The standard InChI is InChI=1S/C20H25NOS/c1-15(16-10-12-17(13-11-16)20(2,3)4)21-19(22)14-23-18-8-6-5-7-9-18/h5-13,15H,14H2,1-4H3,(H,21,22)/t15-/m1/s1. The lowest BCUT2D eigenvalue weighted by molar-refractivity contribution is -0.119. The van der Waals surface area contributed by atoms with Crippen LogP contribution in [0.25, 0.3) is 0 Å². The molecule has 1 amide bonds. The summed E-state index contributed by atoms with van der Waals surface area (Å²) >= 11 is 1.56. The van der Waals surface area contributed by atoms with E-state index in [1.807, 2.05) is 37.3 Å². The smallest absolute Gasteiger partial charge is 0.230 e. The third kappa shape index (κ3) is 5.43. The maximum atomic E-state index is 12.1. The minimum atomic E-state index is 0.0212. The predicted octanol–water partition coefficient (Wildman–Crippen LogP) is 4.95. The Kier molecular flexibility index (Phi) is 5.89. The van der Waals surface area contributed by atoms with Crippen molar-refractivity contribution in [1.82, 2.24) is 5.32 Å². The molecule has 122 valence electrons. The van der Waals surface area contributed by atoms with Gasteiger partial charge in [0.2, 0.25) is 5.91 Å². The lowest BCUT2D eigenvalue weighted by Crippen LogP contribution is -2.28. The van der Waals surface area contributed by atoms with Gasteiger partial charge in [0, 0.05) is 4.90 Å². The van der Waals surface area contributed by atoms with Gasteiger partial charge in [-0.3, -0.25) is 4.79 Å². The molecule has 0 bridgehead atoms. The summed E-state index contributed by atoms with van der Waals surface area (Å²) in [4.78, 5) is 13.2. The Morgan fingerprint density at radius 3 is 2.22 bits per heavy atom. The molecule has 2 nitrogen and oxygen atoms in total. The van der Waals surface area contributed by atoms with Gasteiger partial charge in [0.15, 0.2) is 0 Å². The zero-order chi connectivity index (χ0) is 16.9. The monoisotopic (exact) mass is 327 g/mol. The van der Waals surface area contributed by atoms with Crippen molar-refractivity contribution in [3.63, 3.8) is 0 Å². The second-order valence-corrected chi connectivity index (χ2v) is 7.81. The van der Waals surface area contributed by atoms with Gasteiger partial charge in [0.25, 0.3) is 0 Å². The third-order valence-corrected chi connectivity index (χ3v) is 4.78. The lowest BCUT2D eigenvalue weighted by atomic mass is 9.86. The zero-order valence-corrected chi connectivity index (χ0v) is 15.1. The Bertz CT molecular complexity index is 629. The molecule has 1 N–H and O–H groups in total. The van der Waals surface area contributed by atoms with Gasteiger partial charge in [0.1, 0.15) is 0 Å². The van der Waals surface area contributed by atoms with Crippen LogP contribution in [0, 0.1) is 0 Å². The summed E-state index contributed by atoms with van der Waals surface area (Å²) in [5.41, 5.74) is 2.59. The zero-order valence-electron chi connectivity index (χ0n) is 14.3. The van der Waals surface area contributed by atoms with Crippen molar-refractivity contribution in [3.05, 3.63) is 65.7 Å². The van der Waals surface area contributed by atoms with E-state index in [1.165, 1.54) is 5.56 Å². The Morgan fingerprint density at radius 2 is 1.65 bits per heavy atom. The molecule has 0 aliphatic carbocycles. The van der Waals surface area contributed by atoms with Gasteiger partial charge in [-0.05, 0) is 35.6 Å². The first-order valence-corrected chi connectivity index (χ1v) is 8.92. The summed E-state index contributed by atoms with van der Waals surface area (Å²) in [6, 6.07) is 18.5. The molecule has 3 heteroatoms. The fraction of sp³-hybridized carbons (Fsp3) is 0.350. The Morgan fingerprint density at radius 1 is 1.04 bits per heavy atom. The summed E-state index contributed by atoms with van der Waals surface area (Å²) in [5.74, 6) is 0.500. The van der Waals surface area contributed by atoms with Crippen molar-refractivity contribution >= 4 is 17.7 Å². The van der Waals surface area contributed by atoms with E-state index < -0.39 is 0 Å². The van der Waals surface area contributed by atoms with Crippen molar-refractivity contribution in [2.75, 3.05) is 5.75 Å². The number of thioether (sulfide) groups is 1. The van der Waals surface area contributed by atoms with Crippen molar-refractivity contribution in [3.8, 4) is 0 Å². The first-order chi connectivity index (χ1) is 10.9. The van der Waals surface area contributed by atoms with E-state index in [2.05, 4.69) is 50.4 Å². The minimum absolute atomic E-state index is 0.0212. The average molecular weight is 327 g/mol. The number of benzene rings is 2. The summed E-state index contributed by atoms with van der Waals surface area (Å²) in [5, 5.41) is 3.06. The van der Waals surface area contributed by atoms with Gasteiger partial charge in [-0.1, -0.05) is 63.2 Å². The van der Waals surface area contributed by atoms with Crippen LogP contribution in [-0.2, 0) is 10.2 Å². The summed E-state index contributed by atoms with van der Waals surface area (Å²) in [7, 11) is 0. The molecule has 0 spiro atoms. The number of amides is 1. The fourth-order valence-electron chi connectivity index (χ4n) is 2.30. The molecule has 0 fully saturated rings. The van der Waals surface area contributed by atoms with Crippen molar-refractivity contribution in [2.45, 2.75) is 44.0 Å². The van der Waals surface area contributed by atoms with Gasteiger partial charge < -0.3 is 5.32 Å². The molecule has 1 atom stereocenters. The molecule has 0 aliphatic heterocycles. The summed E-state index contributed by atoms with van der Waals surface area (Å²) in [6.07, 6.45) is 0. The Hall–Kier alpha value is -1.74. The number of hydrogen-bond donors (Lipinski definition) is 1. The number of rotatable bonds is 5. The van der Waals surface area contributed by atoms with Crippen LogP contribution in [0.2, 0.25) is 0 Å².